The second-order valence-electron chi connectivity index (χ2n) is 2.39. The number of rotatable bonds is 8. The zero-order valence-corrected chi connectivity index (χ0v) is 7.96. The first-order valence-electron chi connectivity index (χ1n) is 4.12. The molecule has 0 radical (unpaired) electrons. The largest absolute Gasteiger partial charge is 0.480 e. The molecule has 0 aromatic carbocycles. The number of azide groups is 1. The molecule has 0 aromatic rings. The maximum absolute atomic E-state index is 10.6. The third kappa shape index (κ3) is 10.3. The van der Waals surface area contributed by atoms with E-state index in [2.05, 4.69) is 14.8 Å². The Morgan fingerprint density at radius 1 is 1.27 bits per heavy atom. The quantitative estimate of drug-likeness (QED) is 0.271. The molecule has 1 N–H and O–H groups in total. The zero-order valence-electron chi connectivity index (χ0n) is 7.96. The molecule has 0 unspecified atom stereocenters. The number of hydrogen-bond donors (Lipinski definition) is 1. The monoisotopic (exact) mass is 217 g/mol. The van der Waals surface area contributed by atoms with Crippen LogP contribution in [-0.4, -0.2) is 43.4 Å². The minimum absolute atomic E-state index is 0.00297. The first kappa shape index (κ1) is 13.4. The van der Waals surface area contributed by atoms with Gasteiger partial charge >= 0.3 is 5.97 Å². The molecule has 0 heterocycles. The van der Waals surface area contributed by atoms with Gasteiger partial charge in [-0.2, -0.15) is 0 Å². The highest BCUT2D eigenvalue weighted by Gasteiger charge is 1.98. The van der Waals surface area contributed by atoms with E-state index in [0.29, 0.717) is 0 Å². The van der Waals surface area contributed by atoms with Crippen LogP contribution in [-0.2, 0) is 19.1 Å². The van der Waals surface area contributed by atoms with Crippen LogP contribution in [0.5, 0.6) is 0 Å². The van der Waals surface area contributed by atoms with Crippen LogP contribution < -0.4 is 0 Å². The number of carboxylic acid groups (broad SMARTS) is 1. The van der Waals surface area contributed by atoms with Crippen LogP contribution in [0.3, 0.4) is 0 Å². The summed E-state index contributed by atoms with van der Waals surface area (Å²) in [5.41, 5.74) is 7.88. The maximum atomic E-state index is 10.6. The molecule has 0 saturated heterocycles. The molecule has 0 aliphatic carbocycles. The van der Waals surface area contributed by atoms with Gasteiger partial charge in [0.05, 0.1) is 19.8 Å². The standard InChI is InChI=1S/C7H11N3O5/c8-10-9-6(11)1-2-14-3-4-15-5-7(12)13/h1-5H2,(H,12,13). The molecule has 84 valence electrons. The van der Waals surface area contributed by atoms with E-state index >= 15 is 0 Å². The number of carbonyl (C=O) groups is 2. The van der Waals surface area contributed by atoms with Gasteiger partial charge in [-0.25, -0.2) is 4.79 Å². The molecule has 0 aromatic heterocycles. The van der Waals surface area contributed by atoms with Crippen LogP contribution in [0.25, 0.3) is 10.4 Å². The zero-order chi connectivity index (χ0) is 11.5. The van der Waals surface area contributed by atoms with E-state index in [9.17, 15) is 9.59 Å². The predicted molar refractivity (Wildman–Crippen MR) is 48.0 cm³/mol. The molecule has 0 fully saturated rings. The van der Waals surface area contributed by atoms with Crippen molar-refractivity contribution in [3.05, 3.63) is 10.4 Å². The number of carboxylic acids is 1. The number of ether oxygens (including phenoxy) is 2. The van der Waals surface area contributed by atoms with Crippen molar-refractivity contribution in [2.75, 3.05) is 26.4 Å². The maximum Gasteiger partial charge on any atom is 0.329 e. The van der Waals surface area contributed by atoms with Crippen molar-refractivity contribution in [3.63, 3.8) is 0 Å². The Labute approximate surface area is 85.4 Å². The summed E-state index contributed by atoms with van der Waals surface area (Å²) in [6, 6.07) is 0. The molecule has 0 atom stereocenters. The molecule has 15 heavy (non-hydrogen) atoms. The van der Waals surface area contributed by atoms with Gasteiger partial charge in [0.2, 0.25) is 5.91 Å². The number of aliphatic carboxylic acids is 1. The fourth-order valence-corrected chi connectivity index (χ4v) is 0.639. The Hall–Kier alpha value is -1.63. The van der Waals surface area contributed by atoms with Gasteiger partial charge in [0.15, 0.2) is 0 Å². The van der Waals surface area contributed by atoms with E-state index in [1.54, 1.807) is 0 Å². The second kappa shape index (κ2) is 8.95. The molecule has 0 rings (SSSR count). The minimum Gasteiger partial charge on any atom is -0.480 e. The first-order chi connectivity index (χ1) is 7.16. The Balaban J connectivity index is 3.21. The molecule has 0 saturated carbocycles. The lowest BCUT2D eigenvalue weighted by molar-refractivity contribution is -0.142. The van der Waals surface area contributed by atoms with Gasteiger partial charge in [0, 0.05) is 11.3 Å². The molecule has 1 amide bonds. The van der Waals surface area contributed by atoms with Crippen LogP contribution in [0.4, 0.5) is 0 Å². The summed E-state index contributed by atoms with van der Waals surface area (Å²) in [5.74, 6) is -1.64. The Morgan fingerprint density at radius 2 is 1.93 bits per heavy atom. The van der Waals surface area contributed by atoms with Crippen LogP contribution >= 0.6 is 0 Å². The van der Waals surface area contributed by atoms with Crippen LogP contribution in [0, 0.1) is 0 Å². The SMILES string of the molecule is [N-]=[N+]=NC(=O)CCOCCOCC(=O)O. The highest BCUT2D eigenvalue weighted by atomic mass is 16.5. The smallest absolute Gasteiger partial charge is 0.329 e. The summed E-state index contributed by atoms with van der Waals surface area (Å²) in [6.45, 7) is 0.0775. The molecule has 0 aliphatic rings. The van der Waals surface area contributed by atoms with E-state index in [1.165, 1.54) is 0 Å². The van der Waals surface area contributed by atoms with Gasteiger partial charge in [-0.15, -0.1) is 0 Å². The summed E-state index contributed by atoms with van der Waals surface area (Å²) >= 11 is 0. The fourth-order valence-electron chi connectivity index (χ4n) is 0.639. The topological polar surface area (TPSA) is 122 Å². The lowest BCUT2D eigenvalue weighted by atomic mass is 10.4. The van der Waals surface area contributed by atoms with Crippen LogP contribution in [0.2, 0.25) is 0 Å². The molecule has 8 heteroatoms. The first-order valence-corrected chi connectivity index (χ1v) is 4.12. The summed E-state index contributed by atoms with van der Waals surface area (Å²) in [5, 5.41) is 11.0. The summed E-state index contributed by atoms with van der Waals surface area (Å²) in [4.78, 5) is 22.9. The third-order valence-electron chi connectivity index (χ3n) is 1.21. The summed E-state index contributed by atoms with van der Waals surface area (Å²) < 4.78 is 9.57. The Bertz CT molecular complexity index is 261. The van der Waals surface area contributed by atoms with Crippen molar-refractivity contribution in [3.8, 4) is 0 Å². The van der Waals surface area contributed by atoms with Crippen molar-refractivity contribution in [2.45, 2.75) is 6.42 Å². The van der Waals surface area contributed by atoms with Crippen molar-refractivity contribution >= 4 is 11.9 Å². The third-order valence-corrected chi connectivity index (χ3v) is 1.21. The molecule has 0 bridgehead atoms. The van der Waals surface area contributed by atoms with Crippen molar-refractivity contribution in [2.24, 2.45) is 5.11 Å². The van der Waals surface area contributed by atoms with Gasteiger partial charge in [0.25, 0.3) is 0 Å². The number of hydrogen-bond acceptors (Lipinski definition) is 4. The number of nitrogens with zero attached hydrogens (tertiary/aromatic N) is 3. The predicted octanol–water partition coefficient (Wildman–Crippen LogP) is 0.331. The van der Waals surface area contributed by atoms with E-state index < -0.39 is 11.9 Å². The van der Waals surface area contributed by atoms with Crippen LogP contribution in [0.1, 0.15) is 6.42 Å². The average Bonchev–Trinajstić information content (AvgIpc) is 2.16. The molecular formula is C7H11N3O5. The average molecular weight is 217 g/mol. The number of amides is 1. The lowest BCUT2D eigenvalue weighted by Gasteiger charge is -2.02. The van der Waals surface area contributed by atoms with Gasteiger partial charge in [-0.3, -0.25) is 4.79 Å². The summed E-state index contributed by atoms with van der Waals surface area (Å²) in [7, 11) is 0. The number of carbonyl (C=O) groups excluding carboxylic acids is 1. The van der Waals surface area contributed by atoms with Gasteiger partial charge in [-0.1, -0.05) is 0 Å². The normalized spacial score (nSPS) is 9.33. The summed E-state index contributed by atoms with van der Waals surface area (Å²) in [6.07, 6.45) is 0.00297. The molecular weight excluding hydrogens is 206 g/mol. The van der Waals surface area contributed by atoms with Crippen molar-refractivity contribution in [1.82, 2.24) is 0 Å². The van der Waals surface area contributed by atoms with Crippen molar-refractivity contribution < 1.29 is 24.2 Å². The molecule has 8 nitrogen and oxygen atoms in total. The van der Waals surface area contributed by atoms with Gasteiger partial charge < -0.3 is 14.6 Å². The fraction of sp³-hybridized carbons (Fsp3) is 0.714. The van der Waals surface area contributed by atoms with E-state index in [4.69, 9.17) is 15.4 Å². The Morgan fingerprint density at radius 3 is 2.53 bits per heavy atom. The van der Waals surface area contributed by atoms with Crippen molar-refractivity contribution in [1.29, 1.82) is 0 Å². The lowest BCUT2D eigenvalue weighted by Crippen LogP contribution is -2.12. The Kier molecular flexibility index (Phi) is 7.97. The van der Waals surface area contributed by atoms with E-state index in [0.717, 1.165) is 0 Å². The van der Waals surface area contributed by atoms with Gasteiger partial charge in [0.1, 0.15) is 6.61 Å². The minimum atomic E-state index is -1.05. The van der Waals surface area contributed by atoms with Gasteiger partial charge in [-0.05, 0) is 10.6 Å². The van der Waals surface area contributed by atoms with E-state index in [1.807, 2.05) is 0 Å². The second-order valence-corrected chi connectivity index (χ2v) is 2.39. The van der Waals surface area contributed by atoms with E-state index in [-0.39, 0.29) is 32.8 Å². The highest BCUT2D eigenvalue weighted by molar-refractivity contribution is 5.76. The molecule has 0 aliphatic heterocycles. The molecule has 0 spiro atoms. The van der Waals surface area contributed by atoms with Crippen LogP contribution in [0.15, 0.2) is 5.11 Å². The highest BCUT2D eigenvalue weighted by Crippen LogP contribution is 1.88.